The molecule has 1 saturated carbocycles. The number of rotatable bonds is 7. The largest absolute Gasteiger partial charge is 0.465 e. The van der Waals surface area contributed by atoms with Crippen molar-refractivity contribution in [1.29, 1.82) is 0 Å². The lowest BCUT2D eigenvalue weighted by Gasteiger charge is -2.24. The van der Waals surface area contributed by atoms with Crippen molar-refractivity contribution in [2.24, 2.45) is 11.3 Å². The van der Waals surface area contributed by atoms with Crippen molar-refractivity contribution in [3.8, 4) is 0 Å². The minimum Gasteiger partial charge on any atom is -0.465 e. The van der Waals surface area contributed by atoms with Crippen LogP contribution in [0.5, 0.6) is 0 Å². The second-order valence-corrected chi connectivity index (χ2v) is 7.98. The van der Waals surface area contributed by atoms with E-state index in [0.29, 0.717) is 31.7 Å². The van der Waals surface area contributed by atoms with Gasteiger partial charge >= 0.3 is 5.97 Å². The molecule has 0 bridgehead atoms. The Morgan fingerprint density at radius 1 is 1.14 bits per heavy atom. The van der Waals surface area contributed by atoms with Gasteiger partial charge in [-0.25, -0.2) is 0 Å². The number of allylic oxidation sites excluding steroid dienone is 1. The summed E-state index contributed by atoms with van der Waals surface area (Å²) in [6.07, 6.45) is 2.21. The SMILES string of the molecule is C=C1CC2COC(=O)C2(Cc2ccc(NC(=O)COCc3ccccc3)cc2)C1. The van der Waals surface area contributed by atoms with Gasteiger partial charge in [0.15, 0.2) is 0 Å². The Morgan fingerprint density at radius 3 is 2.66 bits per heavy atom. The molecule has 0 radical (unpaired) electrons. The van der Waals surface area contributed by atoms with Crippen LogP contribution in [0.15, 0.2) is 66.7 Å². The van der Waals surface area contributed by atoms with Crippen LogP contribution in [0, 0.1) is 11.3 Å². The lowest BCUT2D eigenvalue weighted by atomic mass is 9.75. The van der Waals surface area contributed by atoms with Gasteiger partial charge in [0.05, 0.1) is 18.6 Å². The van der Waals surface area contributed by atoms with Gasteiger partial charge < -0.3 is 14.8 Å². The second-order valence-electron chi connectivity index (χ2n) is 7.98. The Labute approximate surface area is 170 Å². The normalized spacial score (nSPS) is 23.0. The van der Waals surface area contributed by atoms with E-state index in [9.17, 15) is 9.59 Å². The molecule has 0 spiro atoms. The number of benzene rings is 2. The Morgan fingerprint density at radius 2 is 1.90 bits per heavy atom. The molecule has 5 nitrogen and oxygen atoms in total. The molecule has 150 valence electrons. The standard InChI is InChI=1S/C24H25NO4/c1-17-11-20-15-29-23(27)24(20,12-17)13-18-7-9-21(10-8-18)25-22(26)16-28-14-19-5-3-2-4-6-19/h2-10,20H,1,11-16H2,(H,25,26). The minimum absolute atomic E-state index is 0.00457. The first-order chi connectivity index (χ1) is 14.0. The number of anilines is 1. The van der Waals surface area contributed by atoms with Crippen molar-refractivity contribution in [2.45, 2.75) is 25.9 Å². The summed E-state index contributed by atoms with van der Waals surface area (Å²) < 4.78 is 10.8. The monoisotopic (exact) mass is 391 g/mol. The lowest BCUT2D eigenvalue weighted by Crippen LogP contribution is -2.31. The first-order valence-electron chi connectivity index (χ1n) is 9.89. The van der Waals surface area contributed by atoms with Gasteiger partial charge in [0.1, 0.15) is 6.61 Å². The van der Waals surface area contributed by atoms with E-state index in [0.717, 1.165) is 23.1 Å². The van der Waals surface area contributed by atoms with Crippen molar-refractivity contribution in [2.75, 3.05) is 18.5 Å². The first-order valence-corrected chi connectivity index (χ1v) is 9.89. The van der Waals surface area contributed by atoms with Crippen molar-refractivity contribution in [3.05, 3.63) is 77.9 Å². The van der Waals surface area contributed by atoms with Gasteiger partial charge in [-0.1, -0.05) is 54.6 Å². The van der Waals surface area contributed by atoms with Crippen LogP contribution in [0.25, 0.3) is 0 Å². The molecule has 1 aliphatic heterocycles. The van der Waals surface area contributed by atoms with E-state index < -0.39 is 5.41 Å². The summed E-state index contributed by atoms with van der Waals surface area (Å²) >= 11 is 0. The summed E-state index contributed by atoms with van der Waals surface area (Å²) in [5.74, 6) is -0.0726. The summed E-state index contributed by atoms with van der Waals surface area (Å²) in [5.41, 5.74) is 3.46. The van der Waals surface area contributed by atoms with Gasteiger partial charge in [0.25, 0.3) is 0 Å². The highest BCUT2D eigenvalue weighted by atomic mass is 16.5. The molecule has 1 aliphatic carbocycles. The van der Waals surface area contributed by atoms with Crippen LogP contribution in [0.3, 0.4) is 0 Å². The van der Waals surface area contributed by atoms with Crippen molar-refractivity contribution in [3.63, 3.8) is 0 Å². The Bertz CT molecular complexity index is 906. The molecule has 5 heteroatoms. The van der Waals surface area contributed by atoms with Crippen LogP contribution in [0.2, 0.25) is 0 Å². The number of ether oxygens (including phenoxy) is 2. The fourth-order valence-corrected chi connectivity index (χ4v) is 4.37. The summed E-state index contributed by atoms with van der Waals surface area (Å²) in [6, 6.07) is 17.4. The van der Waals surface area contributed by atoms with Crippen molar-refractivity contribution >= 4 is 17.6 Å². The summed E-state index contributed by atoms with van der Waals surface area (Å²) in [4.78, 5) is 24.5. The fourth-order valence-electron chi connectivity index (χ4n) is 4.37. The number of esters is 1. The fraction of sp³-hybridized carbons (Fsp3) is 0.333. The molecular formula is C24H25NO4. The van der Waals surface area contributed by atoms with Crippen LogP contribution in [-0.2, 0) is 32.1 Å². The van der Waals surface area contributed by atoms with Crippen LogP contribution < -0.4 is 5.32 Å². The van der Waals surface area contributed by atoms with Crippen LogP contribution >= 0.6 is 0 Å². The number of cyclic esters (lactones) is 1. The number of nitrogens with one attached hydrogen (secondary N) is 1. The zero-order valence-corrected chi connectivity index (χ0v) is 16.4. The van der Waals surface area contributed by atoms with Crippen LogP contribution in [-0.4, -0.2) is 25.1 Å². The highest BCUT2D eigenvalue weighted by molar-refractivity contribution is 5.91. The molecule has 0 aromatic heterocycles. The predicted molar refractivity (Wildman–Crippen MR) is 110 cm³/mol. The van der Waals surface area contributed by atoms with E-state index in [1.807, 2.05) is 54.6 Å². The number of hydrogen-bond donors (Lipinski definition) is 1. The molecule has 2 aliphatic rings. The molecule has 1 saturated heterocycles. The smallest absolute Gasteiger partial charge is 0.313 e. The highest BCUT2D eigenvalue weighted by Gasteiger charge is 2.55. The molecule has 4 rings (SSSR count). The van der Waals surface area contributed by atoms with Gasteiger partial charge in [0.2, 0.25) is 5.91 Å². The maximum absolute atomic E-state index is 12.4. The van der Waals surface area contributed by atoms with E-state index in [1.165, 1.54) is 0 Å². The van der Waals surface area contributed by atoms with Gasteiger partial charge in [-0.2, -0.15) is 0 Å². The molecule has 2 unspecified atom stereocenters. The molecule has 2 atom stereocenters. The molecule has 1 heterocycles. The molecule has 1 amide bonds. The van der Waals surface area contributed by atoms with E-state index >= 15 is 0 Å². The van der Waals surface area contributed by atoms with Crippen molar-refractivity contribution < 1.29 is 19.1 Å². The van der Waals surface area contributed by atoms with Gasteiger partial charge in [0, 0.05) is 11.6 Å². The van der Waals surface area contributed by atoms with Gasteiger partial charge in [-0.3, -0.25) is 9.59 Å². The quantitative estimate of drug-likeness (QED) is 0.574. The first kappa shape index (κ1) is 19.4. The zero-order valence-electron chi connectivity index (χ0n) is 16.4. The third-order valence-corrected chi connectivity index (χ3v) is 5.81. The summed E-state index contributed by atoms with van der Waals surface area (Å²) in [5, 5.41) is 2.84. The topological polar surface area (TPSA) is 64.6 Å². The summed E-state index contributed by atoms with van der Waals surface area (Å²) in [7, 11) is 0. The molecule has 2 aromatic rings. The highest BCUT2D eigenvalue weighted by Crippen LogP contribution is 2.52. The number of carbonyl (C=O) groups excluding carboxylic acids is 2. The summed E-state index contributed by atoms with van der Waals surface area (Å²) in [6.45, 7) is 4.97. The number of fused-ring (bicyclic) bond motifs is 1. The van der Waals surface area contributed by atoms with E-state index in [-0.39, 0.29) is 24.4 Å². The molecule has 29 heavy (non-hydrogen) atoms. The predicted octanol–water partition coefficient (Wildman–Crippen LogP) is 3.89. The van der Waals surface area contributed by atoms with Gasteiger partial charge in [-0.05, 0) is 42.5 Å². The van der Waals surface area contributed by atoms with Gasteiger partial charge in [-0.15, -0.1) is 0 Å². The average Bonchev–Trinajstić information content (AvgIpc) is 3.18. The Balaban J connectivity index is 1.30. The second kappa shape index (κ2) is 8.21. The van der Waals surface area contributed by atoms with Crippen molar-refractivity contribution in [1.82, 2.24) is 0 Å². The maximum Gasteiger partial charge on any atom is 0.313 e. The molecule has 2 aromatic carbocycles. The number of carbonyl (C=O) groups is 2. The van der Waals surface area contributed by atoms with Crippen LogP contribution in [0.4, 0.5) is 5.69 Å². The Hall–Kier alpha value is -2.92. The lowest BCUT2D eigenvalue weighted by molar-refractivity contribution is -0.146. The van der Waals surface area contributed by atoms with E-state index in [1.54, 1.807) is 0 Å². The number of amides is 1. The molecule has 2 fully saturated rings. The van der Waals surface area contributed by atoms with E-state index in [4.69, 9.17) is 9.47 Å². The average molecular weight is 391 g/mol. The maximum atomic E-state index is 12.4. The molecular weight excluding hydrogens is 366 g/mol. The third-order valence-electron chi connectivity index (χ3n) is 5.81. The minimum atomic E-state index is -0.465. The van der Waals surface area contributed by atoms with Crippen LogP contribution in [0.1, 0.15) is 24.0 Å². The number of hydrogen-bond acceptors (Lipinski definition) is 4. The third kappa shape index (κ3) is 4.25. The Kier molecular flexibility index (Phi) is 5.49. The molecule has 1 N–H and O–H groups in total. The zero-order chi connectivity index (χ0) is 20.3. The van der Waals surface area contributed by atoms with E-state index in [2.05, 4.69) is 11.9 Å².